The number of nitrogens with one attached hydrogen (secondary N) is 1. The molecule has 1 N–H and O–H groups in total. The Morgan fingerprint density at radius 3 is 2.78 bits per heavy atom. The van der Waals surface area contributed by atoms with Gasteiger partial charge < -0.3 is 10.1 Å². The lowest BCUT2D eigenvalue weighted by molar-refractivity contribution is -0.394. The molecule has 0 bridgehead atoms. The second kappa shape index (κ2) is 7.11. The summed E-state index contributed by atoms with van der Waals surface area (Å²) in [6.45, 7) is 1.62. The quantitative estimate of drug-likeness (QED) is 0.492. The highest BCUT2D eigenvalue weighted by Gasteiger charge is 2.15. The first kappa shape index (κ1) is 16.8. The molecule has 0 radical (unpaired) electrons. The summed E-state index contributed by atoms with van der Waals surface area (Å²) < 4.78 is 0. The third-order valence-electron chi connectivity index (χ3n) is 2.51. The standard InChI is InChI=1S/C11H9Cl2N7O3/c1-6(5-19-17-11(16-18-19)20(22)23)14-15-10(21)7-2-3-8(12)9(13)4-7/h2-4H,5H2,1H3,(H,15,21)/b14-6-. The largest absolute Gasteiger partial charge is 0.514 e. The molecule has 0 fully saturated rings. The molecular formula is C11H9Cl2N7O3. The number of halogens is 2. The van der Waals surface area contributed by atoms with E-state index in [1.54, 1.807) is 6.92 Å². The lowest BCUT2D eigenvalue weighted by atomic mass is 10.2. The monoisotopic (exact) mass is 357 g/mol. The number of nitrogens with zero attached hydrogens (tertiary/aromatic N) is 6. The van der Waals surface area contributed by atoms with Crippen molar-refractivity contribution in [2.45, 2.75) is 13.5 Å². The van der Waals surface area contributed by atoms with Crippen molar-refractivity contribution in [3.05, 3.63) is 43.9 Å². The van der Waals surface area contributed by atoms with E-state index >= 15 is 0 Å². The van der Waals surface area contributed by atoms with Gasteiger partial charge in [-0.25, -0.2) is 5.43 Å². The Labute approximate surface area is 139 Å². The highest BCUT2D eigenvalue weighted by Crippen LogP contribution is 2.22. The maximum absolute atomic E-state index is 11.9. The molecule has 1 aromatic carbocycles. The summed E-state index contributed by atoms with van der Waals surface area (Å²) in [5, 5.41) is 25.1. The summed E-state index contributed by atoms with van der Waals surface area (Å²) >= 11 is 11.6. The van der Waals surface area contributed by atoms with Crippen LogP contribution in [0.3, 0.4) is 0 Å². The molecule has 0 aliphatic rings. The first-order chi connectivity index (χ1) is 10.9. The number of aromatic nitrogens is 4. The van der Waals surface area contributed by atoms with E-state index in [-0.39, 0.29) is 17.1 Å². The third-order valence-corrected chi connectivity index (χ3v) is 3.24. The van der Waals surface area contributed by atoms with Gasteiger partial charge in [-0.1, -0.05) is 28.0 Å². The van der Waals surface area contributed by atoms with Gasteiger partial charge in [0.05, 0.1) is 26.0 Å². The number of hydrogen-bond donors (Lipinski definition) is 1. The minimum atomic E-state index is -0.762. The van der Waals surface area contributed by atoms with Crippen LogP contribution in [-0.2, 0) is 6.54 Å². The van der Waals surface area contributed by atoms with Gasteiger partial charge in [0.1, 0.15) is 6.54 Å². The number of carbonyl (C=O) groups excluding carboxylic acids is 1. The van der Waals surface area contributed by atoms with Crippen LogP contribution < -0.4 is 5.43 Å². The van der Waals surface area contributed by atoms with Gasteiger partial charge in [-0.3, -0.25) is 4.79 Å². The van der Waals surface area contributed by atoms with E-state index in [4.69, 9.17) is 23.2 Å². The SMILES string of the molecule is C/C(Cn1nnc([N+](=O)[O-])n1)=N/NC(=O)c1ccc(Cl)c(Cl)c1. The van der Waals surface area contributed by atoms with Crippen LogP contribution in [-0.4, -0.2) is 36.7 Å². The molecule has 1 aromatic heterocycles. The molecule has 1 heterocycles. The molecule has 10 nitrogen and oxygen atoms in total. The van der Waals surface area contributed by atoms with Crippen LogP contribution in [0.4, 0.5) is 5.95 Å². The van der Waals surface area contributed by atoms with Crippen LogP contribution in [0, 0.1) is 10.1 Å². The first-order valence-electron chi connectivity index (χ1n) is 6.07. The van der Waals surface area contributed by atoms with Gasteiger partial charge in [0.15, 0.2) is 0 Å². The van der Waals surface area contributed by atoms with Crippen LogP contribution in [0.1, 0.15) is 17.3 Å². The van der Waals surface area contributed by atoms with Crippen LogP contribution in [0.5, 0.6) is 0 Å². The van der Waals surface area contributed by atoms with Crippen molar-refractivity contribution >= 4 is 40.8 Å². The first-order valence-corrected chi connectivity index (χ1v) is 6.83. The second-order valence-corrected chi connectivity index (χ2v) is 5.11. The van der Waals surface area contributed by atoms with Gasteiger partial charge in [0, 0.05) is 10.8 Å². The Morgan fingerprint density at radius 1 is 1.43 bits per heavy atom. The van der Waals surface area contributed by atoms with E-state index in [0.29, 0.717) is 10.7 Å². The fraction of sp³-hybridized carbons (Fsp3) is 0.182. The Hall–Kier alpha value is -2.59. The topological polar surface area (TPSA) is 128 Å². The molecule has 0 atom stereocenters. The van der Waals surface area contributed by atoms with Gasteiger partial charge in [-0.2, -0.15) is 5.10 Å². The minimum absolute atomic E-state index is 0.0303. The lowest BCUT2D eigenvalue weighted by Gasteiger charge is -2.03. The molecule has 0 aliphatic heterocycles. The Morgan fingerprint density at radius 2 is 2.17 bits per heavy atom. The molecule has 0 spiro atoms. The molecule has 2 rings (SSSR count). The van der Waals surface area contributed by atoms with Gasteiger partial charge in [-0.05, 0) is 30.0 Å². The Balaban J connectivity index is 1.99. The Kier molecular flexibility index (Phi) is 5.19. The number of carbonyl (C=O) groups is 1. The molecule has 1 amide bonds. The number of rotatable bonds is 5. The van der Waals surface area contributed by atoms with Crippen LogP contribution in [0.2, 0.25) is 10.0 Å². The van der Waals surface area contributed by atoms with Crippen molar-refractivity contribution in [1.82, 2.24) is 25.6 Å². The highest BCUT2D eigenvalue weighted by molar-refractivity contribution is 6.42. The molecule has 120 valence electrons. The summed E-state index contributed by atoms with van der Waals surface area (Å²) in [7, 11) is 0. The molecule has 0 aliphatic carbocycles. The predicted octanol–water partition coefficient (Wildman–Crippen LogP) is 1.69. The van der Waals surface area contributed by atoms with Gasteiger partial charge >= 0.3 is 5.95 Å². The van der Waals surface area contributed by atoms with Crippen LogP contribution in [0.25, 0.3) is 0 Å². The number of tetrazole rings is 1. The van der Waals surface area contributed by atoms with E-state index in [1.165, 1.54) is 18.2 Å². The van der Waals surface area contributed by atoms with Crippen molar-refractivity contribution in [2.75, 3.05) is 0 Å². The number of hydrazone groups is 1. The minimum Gasteiger partial charge on any atom is -0.390 e. The van der Waals surface area contributed by atoms with Crippen molar-refractivity contribution < 1.29 is 9.72 Å². The number of nitro groups is 1. The van der Waals surface area contributed by atoms with E-state index in [9.17, 15) is 14.9 Å². The van der Waals surface area contributed by atoms with E-state index < -0.39 is 16.8 Å². The molecule has 2 aromatic rings. The number of amides is 1. The highest BCUT2D eigenvalue weighted by atomic mass is 35.5. The smallest absolute Gasteiger partial charge is 0.390 e. The fourth-order valence-electron chi connectivity index (χ4n) is 1.46. The van der Waals surface area contributed by atoms with Crippen LogP contribution in [0.15, 0.2) is 23.3 Å². The average Bonchev–Trinajstić information content (AvgIpc) is 2.96. The molecule has 0 saturated carbocycles. The van der Waals surface area contributed by atoms with E-state index in [1.807, 2.05) is 0 Å². The van der Waals surface area contributed by atoms with Crippen molar-refractivity contribution in [3.8, 4) is 0 Å². The van der Waals surface area contributed by atoms with Crippen molar-refractivity contribution in [1.29, 1.82) is 0 Å². The summed E-state index contributed by atoms with van der Waals surface area (Å²) in [6.07, 6.45) is 0. The summed E-state index contributed by atoms with van der Waals surface area (Å²) in [5.74, 6) is -1.10. The summed E-state index contributed by atoms with van der Waals surface area (Å²) in [4.78, 5) is 22.6. The summed E-state index contributed by atoms with van der Waals surface area (Å²) in [6, 6.07) is 4.40. The fourth-order valence-corrected chi connectivity index (χ4v) is 1.76. The predicted molar refractivity (Wildman–Crippen MR) is 81.5 cm³/mol. The van der Waals surface area contributed by atoms with Gasteiger partial charge in [0.25, 0.3) is 5.91 Å². The van der Waals surface area contributed by atoms with Crippen molar-refractivity contribution in [2.24, 2.45) is 5.10 Å². The molecular weight excluding hydrogens is 349 g/mol. The maximum atomic E-state index is 11.9. The summed E-state index contributed by atoms with van der Waals surface area (Å²) in [5.41, 5.74) is 3.01. The zero-order valence-corrected chi connectivity index (χ0v) is 13.1. The average molecular weight is 358 g/mol. The number of hydrogen-bond acceptors (Lipinski definition) is 7. The molecule has 0 unspecified atom stereocenters. The van der Waals surface area contributed by atoms with E-state index in [2.05, 4.69) is 25.9 Å². The second-order valence-electron chi connectivity index (χ2n) is 4.29. The molecule has 23 heavy (non-hydrogen) atoms. The number of benzene rings is 1. The zero-order valence-electron chi connectivity index (χ0n) is 11.6. The van der Waals surface area contributed by atoms with Crippen LogP contribution >= 0.6 is 23.2 Å². The van der Waals surface area contributed by atoms with Gasteiger partial charge in [-0.15, -0.1) is 0 Å². The zero-order chi connectivity index (χ0) is 17.0. The normalized spacial score (nSPS) is 11.3. The Bertz CT molecular complexity index is 790. The van der Waals surface area contributed by atoms with E-state index in [0.717, 1.165) is 4.80 Å². The molecule has 0 saturated heterocycles. The molecule has 12 heteroatoms. The maximum Gasteiger partial charge on any atom is 0.514 e. The van der Waals surface area contributed by atoms with Crippen molar-refractivity contribution in [3.63, 3.8) is 0 Å². The lowest BCUT2D eigenvalue weighted by Crippen LogP contribution is -2.21. The van der Waals surface area contributed by atoms with Gasteiger partial charge in [0.2, 0.25) is 0 Å². The third kappa shape index (κ3) is 4.44.